The number of hydrogen-bond donors (Lipinski definition) is 1. The molecule has 0 radical (unpaired) electrons. The number of aromatic nitrogens is 1. The van der Waals surface area contributed by atoms with Crippen molar-refractivity contribution in [3.05, 3.63) is 77.2 Å². The lowest BCUT2D eigenvalue weighted by atomic mass is 9.77. The molecule has 7 heteroatoms. The minimum atomic E-state index is -0.845. The molecule has 2 aromatic carbocycles. The van der Waals surface area contributed by atoms with Crippen LogP contribution in [0.5, 0.6) is 0 Å². The fourth-order valence-corrected chi connectivity index (χ4v) is 5.31. The standard InChI is InChI=1S/C26H26FN3O3/c27-20-9-3-2-8-19(20)26(11-5-6-12-26)25(32)30-13-14-33-23(16-30)22-15-18(24(28)31)17-7-1-4-10-21(17)29-22/h1-4,7-10,15,23H,5-6,11-14,16H2,(H2,28,31)/t23-/m1/s1. The number of para-hydroxylation sites is 1. The zero-order valence-corrected chi connectivity index (χ0v) is 18.3. The van der Waals surface area contributed by atoms with E-state index in [1.807, 2.05) is 24.3 Å². The molecule has 2 aliphatic rings. The van der Waals surface area contributed by atoms with Crippen molar-refractivity contribution in [1.82, 2.24) is 9.88 Å². The van der Waals surface area contributed by atoms with Crippen LogP contribution in [0.25, 0.3) is 10.9 Å². The summed E-state index contributed by atoms with van der Waals surface area (Å²) in [5.41, 5.74) is 6.85. The molecule has 1 aromatic heterocycles. The summed E-state index contributed by atoms with van der Waals surface area (Å²) < 4.78 is 20.7. The predicted molar refractivity (Wildman–Crippen MR) is 122 cm³/mol. The van der Waals surface area contributed by atoms with E-state index in [-0.39, 0.29) is 11.7 Å². The van der Waals surface area contributed by atoms with Gasteiger partial charge in [-0.15, -0.1) is 0 Å². The van der Waals surface area contributed by atoms with E-state index >= 15 is 0 Å². The Morgan fingerprint density at radius 1 is 1.09 bits per heavy atom. The number of hydrogen-bond acceptors (Lipinski definition) is 4. The molecule has 3 aromatic rings. The van der Waals surface area contributed by atoms with Crippen LogP contribution in [0.1, 0.15) is 53.4 Å². The molecule has 1 atom stereocenters. The number of nitrogens with two attached hydrogens (primary N) is 1. The molecule has 0 bridgehead atoms. The molecule has 0 unspecified atom stereocenters. The number of morpholine rings is 1. The van der Waals surface area contributed by atoms with Gasteiger partial charge in [-0.05, 0) is 31.0 Å². The fraction of sp³-hybridized carbons (Fsp3) is 0.346. The monoisotopic (exact) mass is 447 g/mol. The highest BCUT2D eigenvalue weighted by molar-refractivity contribution is 6.05. The molecule has 1 aliphatic heterocycles. The van der Waals surface area contributed by atoms with E-state index in [0.29, 0.717) is 60.3 Å². The number of primary amides is 1. The molecular formula is C26H26FN3O3. The van der Waals surface area contributed by atoms with Crippen LogP contribution in [0, 0.1) is 5.82 Å². The molecule has 1 saturated carbocycles. The van der Waals surface area contributed by atoms with E-state index in [1.54, 1.807) is 29.2 Å². The Balaban J connectivity index is 1.47. The van der Waals surface area contributed by atoms with Gasteiger partial charge in [-0.3, -0.25) is 9.59 Å². The number of benzene rings is 2. The van der Waals surface area contributed by atoms with Crippen molar-refractivity contribution in [3.8, 4) is 0 Å². The van der Waals surface area contributed by atoms with Gasteiger partial charge in [0.15, 0.2) is 0 Å². The van der Waals surface area contributed by atoms with Crippen molar-refractivity contribution < 1.29 is 18.7 Å². The third-order valence-electron chi connectivity index (χ3n) is 6.94. The maximum atomic E-state index is 14.8. The minimum Gasteiger partial charge on any atom is -0.368 e. The van der Waals surface area contributed by atoms with Gasteiger partial charge in [-0.25, -0.2) is 9.37 Å². The van der Waals surface area contributed by atoms with Crippen molar-refractivity contribution in [2.75, 3.05) is 19.7 Å². The molecule has 5 rings (SSSR count). The van der Waals surface area contributed by atoms with Crippen molar-refractivity contribution in [1.29, 1.82) is 0 Å². The molecule has 2 heterocycles. The van der Waals surface area contributed by atoms with E-state index in [0.717, 1.165) is 12.8 Å². The highest BCUT2D eigenvalue weighted by Gasteiger charge is 2.47. The number of amides is 2. The Labute approximate surface area is 191 Å². The Bertz CT molecular complexity index is 1220. The van der Waals surface area contributed by atoms with Crippen LogP contribution in [0.15, 0.2) is 54.6 Å². The summed E-state index contributed by atoms with van der Waals surface area (Å²) in [6, 6.07) is 15.6. The van der Waals surface area contributed by atoms with E-state index in [2.05, 4.69) is 0 Å². The van der Waals surface area contributed by atoms with Gasteiger partial charge < -0.3 is 15.4 Å². The number of rotatable bonds is 4. The Kier molecular flexibility index (Phi) is 5.58. The summed E-state index contributed by atoms with van der Waals surface area (Å²) in [5, 5.41) is 0.682. The van der Waals surface area contributed by atoms with Crippen LogP contribution in [0.4, 0.5) is 4.39 Å². The quantitative estimate of drug-likeness (QED) is 0.658. The third-order valence-corrected chi connectivity index (χ3v) is 6.94. The summed E-state index contributed by atoms with van der Waals surface area (Å²) in [6.07, 6.45) is 2.55. The highest BCUT2D eigenvalue weighted by atomic mass is 19.1. The second kappa shape index (κ2) is 8.56. The van der Waals surface area contributed by atoms with Gasteiger partial charge in [0.05, 0.1) is 35.3 Å². The van der Waals surface area contributed by atoms with E-state index in [1.165, 1.54) is 6.07 Å². The zero-order chi connectivity index (χ0) is 23.0. The van der Waals surface area contributed by atoms with E-state index in [9.17, 15) is 14.0 Å². The molecule has 0 spiro atoms. The minimum absolute atomic E-state index is 0.0608. The smallest absolute Gasteiger partial charge is 0.249 e. The van der Waals surface area contributed by atoms with Gasteiger partial charge in [-0.1, -0.05) is 49.2 Å². The van der Waals surface area contributed by atoms with Gasteiger partial charge in [0.1, 0.15) is 11.9 Å². The lowest BCUT2D eigenvalue weighted by Gasteiger charge is -2.39. The molecule has 2 fully saturated rings. The Morgan fingerprint density at radius 3 is 2.58 bits per heavy atom. The van der Waals surface area contributed by atoms with E-state index in [4.69, 9.17) is 15.5 Å². The van der Waals surface area contributed by atoms with E-state index < -0.39 is 17.4 Å². The summed E-state index contributed by atoms with van der Waals surface area (Å²) in [7, 11) is 0. The largest absolute Gasteiger partial charge is 0.368 e. The van der Waals surface area contributed by atoms with Gasteiger partial charge in [0.2, 0.25) is 11.8 Å². The first-order valence-corrected chi connectivity index (χ1v) is 11.3. The van der Waals surface area contributed by atoms with Gasteiger partial charge in [0, 0.05) is 17.5 Å². The molecule has 33 heavy (non-hydrogen) atoms. The van der Waals surface area contributed by atoms with Crippen LogP contribution in [-0.2, 0) is 14.9 Å². The van der Waals surface area contributed by atoms with Crippen LogP contribution < -0.4 is 5.73 Å². The van der Waals surface area contributed by atoms with Crippen LogP contribution >= 0.6 is 0 Å². The third kappa shape index (κ3) is 3.76. The average molecular weight is 448 g/mol. The summed E-state index contributed by atoms with van der Waals surface area (Å²) in [6.45, 7) is 1.06. The molecule has 6 nitrogen and oxygen atoms in total. The van der Waals surface area contributed by atoms with Gasteiger partial charge in [0.25, 0.3) is 0 Å². The molecule has 170 valence electrons. The normalized spacial score (nSPS) is 20.2. The molecule has 2 amide bonds. The first kappa shape index (κ1) is 21.5. The number of ether oxygens (including phenoxy) is 1. The maximum absolute atomic E-state index is 14.8. The number of nitrogens with zero attached hydrogens (tertiary/aromatic N) is 2. The number of carbonyl (C=O) groups excluding carboxylic acids is 2. The average Bonchev–Trinajstić information content (AvgIpc) is 3.34. The van der Waals surface area contributed by atoms with Crippen LogP contribution in [0.2, 0.25) is 0 Å². The summed E-state index contributed by atoms with van der Waals surface area (Å²) in [4.78, 5) is 32.4. The first-order chi connectivity index (χ1) is 16.0. The summed E-state index contributed by atoms with van der Waals surface area (Å²) >= 11 is 0. The topological polar surface area (TPSA) is 85.5 Å². The number of carbonyl (C=O) groups is 2. The number of halogens is 1. The Morgan fingerprint density at radius 2 is 1.82 bits per heavy atom. The second-order valence-corrected chi connectivity index (χ2v) is 8.86. The second-order valence-electron chi connectivity index (χ2n) is 8.86. The molecule has 2 N–H and O–H groups in total. The predicted octanol–water partition coefficient (Wildman–Crippen LogP) is 3.88. The van der Waals surface area contributed by atoms with Crippen LogP contribution in [-0.4, -0.2) is 41.4 Å². The molecular weight excluding hydrogens is 421 g/mol. The lowest BCUT2D eigenvalue weighted by molar-refractivity contribution is -0.145. The first-order valence-electron chi connectivity index (χ1n) is 11.3. The summed E-state index contributed by atoms with van der Waals surface area (Å²) in [5.74, 6) is -0.933. The lowest BCUT2D eigenvalue weighted by Crippen LogP contribution is -2.51. The highest BCUT2D eigenvalue weighted by Crippen LogP contribution is 2.44. The Hall–Kier alpha value is -3.32. The van der Waals surface area contributed by atoms with Crippen molar-refractivity contribution >= 4 is 22.7 Å². The van der Waals surface area contributed by atoms with Gasteiger partial charge >= 0.3 is 0 Å². The van der Waals surface area contributed by atoms with Crippen molar-refractivity contribution in [2.24, 2.45) is 5.73 Å². The van der Waals surface area contributed by atoms with Gasteiger partial charge in [-0.2, -0.15) is 0 Å². The maximum Gasteiger partial charge on any atom is 0.249 e. The van der Waals surface area contributed by atoms with Crippen molar-refractivity contribution in [2.45, 2.75) is 37.2 Å². The number of pyridine rings is 1. The fourth-order valence-electron chi connectivity index (χ4n) is 5.31. The number of fused-ring (bicyclic) bond motifs is 1. The molecule has 1 aliphatic carbocycles. The molecule has 1 saturated heterocycles. The van der Waals surface area contributed by atoms with Crippen LogP contribution in [0.3, 0.4) is 0 Å². The van der Waals surface area contributed by atoms with Crippen molar-refractivity contribution in [3.63, 3.8) is 0 Å². The zero-order valence-electron chi connectivity index (χ0n) is 18.3. The SMILES string of the molecule is NC(=O)c1cc([C@H]2CN(C(=O)C3(c4ccccc4F)CCCC3)CCO2)nc2ccccc12.